The van der Waals surface area contributed by atoms with E-state index in [1.165, 1.54) is 0 Å². The highest BCUT2D eigenvalue weighted by molar-refractivity contribution is 5.92. The summed E-state index contributed by atoms with van der Waals surface area (Å²) in [5.74, 6) is 1.05. The highest BCUT2D eigenvalue weighted by Gasteiger charge is 2.34. The Hall–Kier alpha value is -3.23. The molecule has 2 aromatic carbocycles. The molecule has 34 heavy (non-hydrogen) atoms. The molecule has 3 aromatic rings. The summed E-state index contributed by atoms with van der Waals surface area (Å²) in [7, 11) is 0. The Bertz CT molecular complexity index is 1200. The van der Waals surface area contributed by atoms with Crippen molar-refractivity contribution in [2.45, 2.75) is 39.3 Å². The van der Waals surface area contributed by atoms with Gasteiger partial charge in [-0.15, -0.1) is 0 Å². The molecule has 1 aliphatic rings. The summed E-state index contributed by atoms with van der Waals surface area (Å²) in [5, 5.41) is 31.7. The number of phenolic OH excluding ortho intramolecular Hbond substituents is 1. The zero-order valence-electron chi connectivity index (χ0n) is 19.8. The second kappa shape index (κ2) is 9.95. The molecule has 1 fully saturated rings. The minimum atomic E-state index is -1.07. The number of phenols is 1. The van der Waals surface area contributed by atoms with Crippen LogP contribution in [0.4, 0.5) is 5.82 Å². The van der Waals surface area contributed by atoms with Crippen molar-refractivity contribution in [3.8, 4) is 17.1 Å². The van der Waals surface area contributed by atoms with Gasteiger partial charge in [-0.3, -0.25) is 4.79 Å². The first-order valence-electron chi connectivity index (χ1n) is 11.7. The predicted molar refractivity (Wildman–Crippen MR) is 138 cm³/mol. The molecule has 0 radical (unpaired) electrons. The Morgan fingerprint density at radius 1 is 1.18 bits per heavy atom. The Kier molecular flexibility index (Phi) is 7.00. The third kappa shape index (κ3) is 4.83. The number of hydrogen-bond donors (Lipinski definition) is 3. The fourth-order valence-corrected chi connectivity index (χ4v) is 4.48. The van der Waals surface area contributed by atoms with E-state index in [2.05, 4.69) is 0 Å². The summed E-state index contributed by atoms with van der Waals surface area (Å²) in [4.78, 5) is 26.0. The van der Waals surface area contributed by atoms with E-state index in [9.17, 15) is 20.1 Å². The van der Waals surface area contributed by atoms with Gasteiger partial charge in [-0.1, -0.05) is 32.0 Å². The van der Waals surface area contributed by atoms with Crippen LogP contribution in [0.15, 0.2) is 42.5 Å². The lowest BCUT2D eigenvalue weighted by atomic mass is 10.0. The molecule has 0 unspecified atom stereocenters. The third-order valence-corrected chi connectivity index (χ3v) is 6.23. The molecule has 0 saturated carbocycles. The number of aromatic nitrogens is 2. The van der Waals surface area contributed by atoms with Crippen molar-refractivity contribution in [3.05, 3.63) is 48.0 Å². The number of aryl methyl sites for hydroxylation is 1. The number of piperazine rings is 1. The summed E-state index contributed by atoms with van der Waals surface area (Å²) in [6, 6.07) is 12.5. The number of carbonyl (C=O) groups excluding carboxylic acids is 1. The number of aliphatic hydroxyl groups is 2. The zero-order chi connectivity index (χ0) is 24.4. The first-order chi connectivity index (χ1) is 16.3. The highest BCUT2D eigenvalue weighted by atomic mass is 16.3. The molecule has 1 aliphatic heterocycles. The van der Waals surface area contributed by atoms with Crippen LogP contribution < -0.4 is 4.90 Å². The summed E-state index contributed by atoms with van der Waals surface area (Å²) in [6.07, 6.45) is -0.687. The van der Waals surface area contributed by atoms with Crippen LogP contribution in [0.1, 0.15) is 30.1 Å². The third-order valence-electron chi connectivity index (χ3n) is 6.23. The minimum absolute atomic E-state index is 0. The number of rotatable bonds is 6. The number of benzene rings is 2. The van der Waals surface area contributed by atoms with Crippen LogP contribution in [-0.4, -0.2) is 74.5 Å². The van der Waals surface area contributed by atoms with E-state index < -0.39 is 12.1 Å². The van der Waals surface area contributed by atoms with E-state index in [-0.39, 0.29) is 28.5 Å². The second-order valence-electron chi connectivity index (χ2n) is 9.37. The van der Waals surface area contributed by atoms with E-state index in [0.717, 1.165) is 16.5 Å². The van der Waals surface area contributed by atoms with E-state index in [0.29, 0.717) is 43.3 Å². The smallest absolute Gasteiger partial charge is 0.251 e. The van der Waals surface area contributed by atoms with Gasteiger partial charge in [0.25, 0.3) is 5.91 Å². The predicted octanol–water partition coefficient (Wildman–Crippen LogP) is 3.47. The molecule has 2 atom stereocenters. The molecule has 8 nitrogen and oxygen atoms in total. The van der Waals surface area contributed by atoms with Gasteiger partial charge in [0.1, 0.15) is 17.7 Å². The van der Waals surface area contributed by atoms with Crippen LogP contribution in [0.25, 0.3) is 22.3 Å². The Morgan fingerprint density at radius 3 is 2.65 bits per heavy atom. The molecule has 0 aliphatic carbocycles. The minimum Gasteiger partial charge on any atom is -0.507 e. The van der Waals surface area contributed by atoms with Gasteiger partial charge < -0.3 is 25.1 Å². The van der Waals surface area contributed by atoms with Crippen LogP contribution in [-0.2, 0) is 4.79 Å². The summed E-state index contributed by atoms with van der Waals surface area (Å²) in [6.45, 7) is 6.93. The van der Waals surface area contributed by atoms with E-state index in [1.54, 1.807) is 23.1 Å². The molecule has 4 rings (SSSR count). The van der Waals surface area contributed by atoms with E-state index >= 15 is 0 Å². The van der Waals surface area contributed by atoms with Gasteiger partial charge in [-0.05, 0) is 49.1 Å². The number of nitrogens with zero attached hydrogens (tertiary/aromatic N) is 4. The molecule has 0 bridgehead atoms. The number of carbonyl (C=O) groups is 1. The first kappa shape index (κ1) is 23.9. The van der Waals surface area contributed by atoms with Crippen LogP contribution in [0, 0.1) is 12.8 Å². The van der Waals surface area contributed by atoms with Gasteiger partial charge in [-0.25, -0.2) is 9.97 Å². The number of anilines is 1. The quantitative estimate of drug-likeness (QED) is 0.506. The second-order valence-corrected chi connectivity index (χ2v) is 9.37. The molecule has 2 heterocycles. The average Bonchev–Trinajstić information content (AvgIpc) is 2.82. The first-order valence-corrected chi connectivity index (χ1v) is 11.7. The van der Waals surface area contributed by atoms with Crippen LogP contribution >= 0.6 is 0 Å². The number of fused-ring (bicyclic) bond motifs is 1. The lowest BCUT2D eigenvalue weighted by molar-refractivity contribution is -0.144. The monoisotopic (exact) mass is 470 g/mol. The summed E-state index contributed by atoms with van der Waals surface area (Å²) < 4.78 is 0. The van der Waals surface area contributed by atoms with Gasteiger partial charge >= 0.3 is 0 Å². The van der Waals surface area contributed by atoms with Crippen LogP contribution in [0.5, 0.6) is 5.75 Å². The standard InChI is InChI=1S/C26H32N4O4.3H2/c1-16(2)12-23(33)26(34)30-11-10-29(14-18(30)15-31)25-19-9-8-17(3)13-21(19)27-24(28-25)20-6-4-5-7-22(20)32;;;/h4-9,13,16,18,23,31-33H,10-12,14-15H2,1-3H3;3*1H/t18-,23-;;;/m1.../s1. The molecule has 0 spiro atoms. The maximum absolute atomic E-state index is 12.9. The Labute approximate surface area is 204 Å². The van der Waals surface area contributed by atoms with Gasteiger partial charge in [0.15, 0.2) is 5.82 Å². The molecule has 1 saturated heterocycles. The van der Waals surface area contributed by atoms with Crippen molar-refractivity contribution in [2.75, 3.05) is 31.1 Å². The molecular weight excluding hydrogens is 432 g/mol. The topological polar surface area (TPSA) is 110 Å². The van der Waals surface area contributed by atoms with Crippen LogP contribution in [0.2, 0.25) is 0 Å². The number of amides is 1. The Balaban J connectivity index is 0.00000228. The summed E-state index contributed by atoms with van der Waals surface area (Å²) in [5.41, 5.74) is 2.36. The largest absolute Gasteiger partial charge is 0.507 e. The van der Waals surface area contributed by atoms with E-state index in [4.69, 9.17) is 9.97 Å². The van der Waals surface area contributed by atoms with Gasteiger partial charge in [0.2, 0.25) is 0 Å². The van der Waals surface area contributed by atoms with Crippen molar-refractivity contribution in [3.63, 3.8) is 0 Å². The van der Waals surface area contributed by atoms with Crippen molar-refractivity contribution >= 4 is 22.6 Å². The molecule has 1 aromatic heterocycles. The number of aliphatic hydroxyl groups excluding tert-OH is 2. The zero-order valence-corrected chi connectivity index (χ0v) is 19.8. The molecule has 3 N–H and O–H groups in total. The van der Waals surface area contributed by atoms with Crippen LogP contribution in [0.3, 0.4) is 0 Å². The fourth-order valence-electron chi connectivity index (χ4n) is 4.48. The van der Waals surface area contributed by atoms with Gasteiger partial charge in [0, 0.05) is 29.3 Å². The van der Waals surface area contributed by atoms with Crippen molar-refractivity contribution in [1.29, 1.82) is 0 Å². The van der Waals surface area contributed by atoms with Gasteiger partial charge in [-0.2, -0.15) is 0 Å². The highest BCUT2D eigenvalue weighted by Crippen LogP contribution is 2.33. The molecule has 1 amide bonds. The van der Waals surface area contributed by atoms with E-state index in [1.807, 2.05) is 49.9 Å². The molecule has 8 heteroatoms. The average molecular weight is 471 g/mol. The number of hydrogen-bond acceptors (Lipinski definition) is 7. The van der Waals surface area contributed by atoms with Crippen molar-refractivity contribution in [1.82, 2.24) is 14.9 Å². The normalized spacial score (nSPS) is 17.4. The molecule has 186 valence electrons. The molecular formula is C26H38N4O4. The van der Waals surface area contributed by atoms with Gasteiger partial charge in [0.05, 0.1) is 23.7 Å². The Morgan fingerprint density at radius 2 is 1.94 bits per heavy atom. The lowest BCUT2D eigenvalue weighted by Crippen LogP contribution is -2.59. The maximum Gasteiger partial charge on any atom is 0.251 e. The number of para-hydroxylation sites is 1. The number of aromatic hydroxyl groups is 1. The fraction of sp³-hybridized carbons (Fsp3) is 0.423. The van der Waals surface area contributed by atoms with Crippen molar-refractivity contribution < 1.29 is 24.4 Å². The SMILES string of the molecule is Cc1ccc2c(N3CCN(C(=O)[C@H](O)CC(C)C)[C@@H](CO)C3)nc(-c3ccccc3O)nc2c1.[HH].[HH].[HH]. The van der Waals surface area contributed by atoms with Crippen molar-refractivity contribution in [2.24, 2.45) is 5.92 Å². The lowest BCUT2D eigenvalue weighted by Gasteiger charge is -2.42. The summed E-state index contributed by atoms with van der Waals surface area (Å²) >= 11 is 0. The maximum atomic E-state index is 12.9.